The molecule has 7 heteroatoms. The molecule has 1 saturated carbocycles. The Hall–Kier alpha value is -4.62. The maximum atomic E-state index is 13.4. The van der Waals surface area contributed by atoms with E-state index in [1.54, 1.807) is 17.2 Å². The lowest BCUT2D eigenvalue weighted by molar-refractivity contribution is -0.141. The van der Waals surface area contributed by atoms with E-state index in [0.717, 1.165) is 46.1 Å². The summed E-state index contributed by atoms with van der Waals surface area (Å²) in [7, 11) is 0. The molecular weight excluding hydrogens is 500 g/mol. The van der Waals surface area contributed by atoms with E-state index in [1.165, 1.54) is 0 Å². The summed E-state index contributed by atoms with van der Waals surface area (Å²) in [6.07, 6.45) is 2.80. The van der Waals surface area contributed by atoms with E-state index >= 15 is 0 Å². The van der Waals surface area contributed by atoms with Gasteiger partial charge in [-0.05, 0) is 59.4 Å². The quantitative estimate of drug-likeness (QED) is 0.345. The number of carbonyl (C=O) groups excluding carboxylic acids is 1. The zero-order valence-corrected chi connectivity index (χ0v) is 21.9. The van der Waals surface area contributed by atoms with Crippen LogP contribution in [-0.2, 0) is 23.2 Å². The molecule has 0 radical (unpaired) electrons. The Kier molecular flexibility index (Phi) is 5.82. The first kappa shape index (κ1) is 24.4. The maximum Gasteiger partial charge on any atom is 0.256 e. The highest BCUT2D eigenvalue weighted by Crippen LogP contribution is 2.52. The molecule has 5 aromatic rings. The number of hydrogen-bond acceptors (Lipinski definition) is 5. The summed E-state index contributed by atoms with van der Waals surface area (Å²) in [6, 6.07) is 27.5. The number of aromatic nitrogens is 3. The van der Waals surface area contributed by atoms with E-state index in [1.807, 2.05) is 66.7 Å². The molecule has 7 rings (SSSR count). The van der Waals surface area contributed by atoms with Crippen LogP contribution in [-0.4, -0.2) is 37.4 Å². The fraction of sp³-hybridized carbons (Fsp3) is 0.212. The second-order valence-corrected chi connectivity index (χ2v) is 10.7. The monoisotopic (exact) mass is 528 g/mol. The van der Waals surface area contributed by atoms with Gasteiger partial charge in [-0.25, -0.2) is 4.98 Å². The van der Waals surface area contributed by atoms with Crippen molar-refractivity contribution in [3.63, 3.8) is 0 Å². The van der Waals surface area contributed by atoms with Gasteiger partial charge < -0.3 is 15.0 Å². The third kappa shape index (κ3) is 4.19. The molecule has 7 nitrogen and oxygen atoms in total. The summed E-state index contributed by atoms with van der Waals surface area (Å²) < 4.78 is 0. The molecule has 40 heavy (non-hydrogen) atoms. The Morgan fingerprint density at radius 2 is 1.77 bits per heavy atom. The van der Waals surface area contributed by atoms with Crippen LogP contribution in [0.5, 0.6) is 0 Å². The number of aliphatic hydroxyl groups excluding tert-OH is 1. The summed E-state index contributed by atoms with van der Waals surface area (Å²) in [5, 5.41) is 12.1. The highest BCUT2D eigenvalue weighted by Gasteiger charge is 2.48. The molecule has 1 aliphatic heterocycles. The average Bonchev–Trinajstić information content (AvgIpc) is 3.83. The van der Waals surface area contributed by atoms with E-state index in [2.05, 4.69) is 22.1 Å². The molecule has 2 N–H and O–H groups in total. The van der Waals surface area contributed by atoms with Gasteiger partial charge in [-0.15, -0.1) is 0 Å². The number of aliphatic hydroxyl groups is 1. The first-order valence-electron chi connectivity index (χ1n) is 13.6. The van der Waals surface area contributed by atoms with Crippen molar-refractivity contribution in [3.05, 3.63) is 130 Å². The number of nitrogens with zero attached hydrogens (tertiary/aromatic N) is 3. The molecule has 1 atom stereocenters. The summed E-state index contributed by atoms with van der Waals surface area (Å²) >= 11 is 0. The lowest BCUT2D eigenvalue weighted by atomic mass is 9.94. The third-order valence-corrected chi connectivity index (χ3v) is 8.28. The van der Waals surface area contributed by atoms with Crippen LogP contribution in [0.2, 0.25) is 0 Å². The van der Waals surface area contributed by atoms with Crippen LogP contribution in [0.3, 0.4) is 0 Å². The number of rotatable bonds is 5. The van der Waals surface area contributed by atoms with Crippen LogP contribution in [0.1, 0.15) is 47.2 Å². The smallest absolute Gasteiger partial charge is 0.256 e. The van der Waals surface area contributed by atoms with Crippen molar-refractivity contribution in [2.75, 3.05) is 6.54 Å². The van der Waals surface area contributed by atoms with Crippen LogP contribution in [0, 0.1) is 0 Å². The van der Waals surface area contributed by atoms with Gasteiger partial charge in [-0.3, -0.25) is 14.6 Å². The molecule has 198 valence electrons. The average molecular weight is 529 g/mol. The summed E-state index contributed by atoms with van der Waals surface area (Å²) in [6.45, 7) is 0.526. The fourth-order valence-electron chi connectivity index (χ4n) is 5.84. The molecule has 3 heterocycles. The standard InChI is InChI=1S/C33H28N4O3/c38-29(24-7-4-6-21(19-24)22-11-12-27-23(18-22)8-5-16-34-27)31(40)37-17-13-28-26(20-37)30(39)36-32(35-28)33(14-15-33)25-9-2-1-3-10-25/h1-12,16,18-19,29,38H,13-15,17,20H2,(H,35,36,39)/t29-/m1/s1. The number of benzene rings is 3. The van der Waals surface area contributed by atoms with Crippen molar-refractivity contribution < 1.29 is 9.90 Å². The molecule has 1 fully saturated rings. The number of H-pyrrole nitrogens is 1. The predicted molar refractivity (Wildman–Crippen MR) is 153 cm³/mol. The van der Waals surface area contributed by atoms with Crippen LogP contribution >= 0.6 is 0 Å². The number of hydrogen-bond donors (Lipinski definition) is 2. The van der Waals surface area contributed by atoms with Crippen molar-refractivity contribution in [1.82, 2.24) is 19.9 Å². The second-order valence-electron chi connectivity index (χ2n) is 10.7. The van der Waals surface area contributed by atoms with Gasteiger partial charge in [0.05, 0.1) is 28.7 Å². The number of nitrogens with one attached hydrogen (secondary N) is 1. The maximum absolute atomic E-state index is 13.4. The van der Waals surface area contributed by atoms with E-state index in [4.69, 9.17) is 4.98 Å². The molecule has 2 aliphatic rings. The van der Waals surface area contributed by atoms with Crippen LogP contribution < -0.4 is 5.56 Å². The minimum Gasteiger partial charge on any atom is -0.378 e. The lowest BCUT2D eigenvalue weighted by Crippen LogP contribution is -2.42. The Bertz CT molecular complexity index is 1810. The van der Waals surface area contributed by atoms with Gasteiger partial charge in [0, 0.05) is 24.5 Å². The molecule has 0 unspecified atom stereocenters. The number of carbonyl (C=O) groups is 1. The molecule has 0 saturated heterocycles. The molecule has 3 aromatic carbocycles. The number of aromatic amines is 1. The van der Waals surface area contributed by atoms with Crippen molar-refractivity contribution in [1.29, 1.82) is 0 Å². The van der Waals surface area contributed by atoms with Crippen molar-refractivity contribution in [2.45, 2.75) is 37.3 Å². The Balaban J connectivity index is 1.12. The summed E-state index contributed by atoms with van der Waals surface area (Å²) in [5.74, 6) is 0.292. The molecule has 0 spiro atoms. The summed E-state index contributed by atoms with van der Waals surface area (Å²) in [4.78, 5) is 40.4. The zero-order valence-electron chi connectivity index (χ0n) is 21.9. The number of pyridine rings is 1. The van der Waals surface area contributed by atoms with Crippen LogP contribution in [0.4, 0.5) is 0 Å². The van der Waals surface area contributed by atoms with Gasteiger partial charge >= 0.3 is 0 Å². The Labute approximate surface area is 231 Å². The van der Waals surface area contributed by atoms with Gasteiger partial charge in [0.15, 0.2) is 6.10 Å². The van der Waals surface area contributed by atoms with Crippen LogP contribution in [0.25, 0.3) is 22.0 Å². The van der Waals surface area contributed by atoms with Crippen molar-refractivity contribution in [3.8, 4) is 11.1 Å². The number of amides is 1. The molecule has 1 aliphatic carbocycles. The predicted octanol–water partition coefficient (Wildman–Crippen LogP) is 4.68. The topological polar surface area (TPSA) is 99.2 Å². The zero-order chi connectivity index (χ0) is 27.3. The van der Waals surface area contributed by atoms with E-state index < -0.39 is 12.0 Å². The van der Waals surface area contributed by atoms with Crippen molar-refractivity contribution in [2.24, 2.45) is 0 Å². The highest BCUT2D eigenvalue weighted by atomic mass is 16.3. The van der Waals surface area contributed by atoms with E-state index in [-0.39, 0.29) is 17.5 Å². The first-order chi connectivity index (χ1) is 19.5. The van der Waals surface area contributed by atoms with Crippen LogP contribution in [0.15, 0.2) is 95.9 Å². The van der Waals surface area contributed by atoms with Gasteiger partial charge in [-0.1, -0.05) is 60.7 Å². The lowest BCUT2D eigenvalue weighted by Gasteiger charge is -2.30. The molecule has 1 amide bonds. The molecule has 2 aromatic heterocycles. The van der Waals surface area contributed by atoms with Gasteiger partial charge in [-0.2, -0.15) is 0 Å². The van der Waals surface area contributed by atoms with Crippen molar-refractivity contribution >= 4 is 16.8 Å². The van der Waals surface area contributed by atoms with Gasteiger partial charge in [0.2, 0.25) is 0 Å². The Morgan fingerprint density at radius 3 is 2.60 bits per heavy atom. The first-order valence-corrected chi connectivity index (χ1v) is 13.6. The molecule has 0 bridgehead atoms. The van der Waals surface area contributed by atoms with Gasteiger partial charge in [0.1, 0.15) is 5.82 Å². The minimum absolute atomic E-state index is 0.129. The minimum atomic E-state index is -1.33. The second kappa shape index (κ2) is 9.54. The third-order valence-electron chi connectivity index (χ3n) is 8.28. The SMILES string of the molecule is O=C([C@H](O)c1cccc(-c2ccc3ncccc3c2)c1)N1CCc2nc(C3(c4ccccc4)CC3)[nH]c(=O)c2C1. The van der Waals surface area contributed by atoms with E-state index in [0.29, 0.717) is 29.9 Å². The van der Waals surface area contributed by atoms with Gasteiger partial charge in [0.25, 0.3) is 11.5 Å². The highest BCUT2D eigenvalue weighted by molar-refractivity contribution is 5.85. The Morgan fingerprint density at radius 1 is 0.950 bits per heavy atom. The normalized spacial score (nSPS) is 16.4. The largest absolute Gasteiger partial charge is 0.378 e. The fourth-order valence-corrected chi connectivity index (χ4v) is 5.84. The van der Waals surface area contributed by atoms with E-state index in [9.17, 15) is 14.7 Å². The summed E-state index contributed by atoms with van der Waals surface area (Å²) in [5.41, 5.74) is 5.27. The number of fused-ring (bicyclic) bond motifs is 2. The molecular formula is C33H28N4O3.